The number of nitrogens with zero attached hydrogens (tertiary/aromatic N) is 1. The first-order valence-electron chi connectivity index (χ1n) is 10.00. The Morgan fingerprint density at radius 3 is 2.26 bits per heavy atom. The van der Waals surface area contributed by atoms with Crippen LogP contribution in [0.25, 0.3) is 10.8 Å². The molecule has 0 unspecified atom stereocenters. The van der Waals surface area contributed by atoms with Crippen molar-refractivity contribution in [3.63, 3.8) is 0 Å². The Balaban J connectivity index is 1.30. The van der Waals surface area contributed by atoms with E-state index in [1.54, 1.807) is 24.3 Å². The largest absolute Gasteiger partial charge is 0.354 e. The zero-order valence-electron chi connectivity index (χ0n) is 15.4. The highest BCUT2D eigenvalue weighted by Crippen LogP contribution is 2.59. The molecule has 1 amide bonds. The van der Waals surface area contributed by atoms with Crippen LogP contribution in [0.15, 0.2) is 33.9 Å². The van der Waals surface area contributed by atoms with E-state index in [9.17, 15) is 14.4 Å². The molecule has 0 atom stereocenters. The average molecular weight is 367 g/mol. The maximum atomic E-state index is 12.6. The van der Waals surface area contributed by atoms with Gasteiger partial charge in [0.2, 0.25) is 5.91 Å². The van der Waals surface area contributed by atoms with Gasteiger partial charge in [0, 0.05) is 6.54 Å². The van der Waals surface area contributed by atoms with E-state index in [-0.39, 0.29) is 29.0 Å². The summed E-state index contributed by atoms with van der Waals surface area (Å²) in [5.41, 5.74) is -0.430. The van der Waals surface area contributed by atoms with Crippen LogP contribution >= 0.6 is 0 Å². The number of aromatic nitrogens is 2. The van der Waals surface area contributed by atoms with Gasteiger partial charge >= 0.3 is 0 Å². The predicted octanol–water partition coefficient (Wildman–Crippen LogP) is 2.02. The van der Waals surface area contributed by atoms with Gasteiger partial charge in [-0.2, -0.15) is 0 Å². The van der Waals surface area contributed by atoms with Crippen molar-refractivity contribution in [1.82, 2.24) is 15.1 Å². The Bertz CT molecular complexity index is 984. The first-order chi connectivity index (χ1) is 13.0. The molecule has 1 aromatic carbocycles. The molecule has 4 saturated carbocycles. The van der Waals surface area contributed by atoms with Gasteiger partial charge in [-0.05, 0) is 73.8 Å². The minimum absolute atomic E-state index is 0.148. The number of H-pyrrole nitrogens is 1. The van der Waals surface area contributed by atoms with E-state index in [0.717, 1.165) is 22.4 Å². The van der Waals surface area contributed by atoms with Crippen LogP contribution < -0.4 is 16.4 Å². The van der Waals surface area contributed by atoms with Crippen molar-refractivity contribution in [3.05, 3.63) is 45.0 Å². The number of carbonyl (C=O) groups is 1. The van der Waals surface area contributed by atoms with Crippen LogP contribution in [0, 0.1) is 23.2 Å². The number of aromatic amines is 1. The van der Waals surface area contributed by atoms with Crippen LogP contribution in [0.5, 0.6) is 0 Å². The van der Waals surface area contributed by atoms with Crippen molar-refractivity contribution in [2.24, 2.45) is 23.2 Å². The molecular weight excluding hydrogens is 342 g/mol. The maximum Gasteiger partial charge on any atom is 0.273 e. The summed E-state index contributed by atoms with van der Waals surface area (Å²) in [6.45, 7) is 0.549. The Kier molecular flexibility index (Phi) is 3.78. The molecule has 2 aromatic rings. The highest BCUT2D eigenvalue weighted by molar-refractivity contribution is 5.81. The van der Waals surface area contributed by atoms with Gasteiger partial charge in [0.25, 0.3) is 11.1 Å². The lowest BCUT2D eigenvalue weighted by Crippen LogP contribution is -2.51. The third-order valence-electron chi connectivity index (χ3n) is 7.01. The van der Waals surface area contributed by atoms with E-state index in [2.05, 4.69) is 10.4 Å². The van der Waals surface area contributed by atoms with Gasteiger partial charge in [0.1, 0.15) is 6.54 Å². The first-order valence-corrected chi connectivity index (χ1v) is 10.00. The van der Waals surface area contributed by atoms with Crippen molar-refractivity contribution >= 4 is 16.7 Å². The Morgan fingerprint density at radius 1 is 1.04 bits per heavy atom. The number of hydrogen-bond acceptors (Lipinski definition) is 3. The van der Waals surface area contributed by atoms with E-state index in [1.165, 1.54) is 38.5 Å². The second-order valence-electron chi connectivity index (χ2n) is 9.07. The average Bonchev–Trinajstić information content (AvgIpc) is 2.63. The SMILES string of the molecule is O=C(Cn1[nH]c(=O)c2ccccc2c1=O)NCC12CC3CC(CC(C3)C1)C2. The second-order valence-corrected chi connectivity index (χ2v) is 9.07. The van der Waals surface area contributed by atoms with E-state index < -0.39 is 0 Å². The topological polar surface area (TPSA) is 84.0 Å². The molecule has 4 aliphatic carbocycles. The molecule has 142 valence electrons. The summed E-state index contributed by atoms with van der Waals surface area (Å²) < 4.78 is 1.12. The summed E-state index contributed by atoms with van der Waals surface area (Å²) in [7, 11) is 0. The number of amides is 1. The fourth-order valence-electron chi connectivity index (χ4n) is 6.35. The quantitative estimate of drug-likeness (QED) is 0.867. The molecule has 4 aliphatic rings. The van der Waals surface area contributed by atoms with Gasteiger partial charge in [-0.15, -0.1) is 0 Å². The molecule has 6 rings (SSSR count). The van der Waals surface area contributed by atoms with Crippen LogP contribution in [0.4, 0.5) is 0 Å². The molecular formula is C21H25N3O3. The third-order valence-corrected chi connectivity index (χ3v) is 7.01. The molecule has 0 saturated heterocycles. The van der Waals surface area contributed by atoms with Crippen molar-refractivity contribution < 1.29 is 4.79 Å². The standard InChI is InChI=1S/C21H25N3O3/c25-18(11-24-20(27)17-4-2-1-3-16(17)19(26)23-24)22-12-21-8-13-5-14(9-21)7-15(6-13)10-21/h1-4,13-15H,5-12H2,(H,22,25)(H,23,26). The maximum absolute atomic E-state index is 12.6. The molecule has 2 N–H and O–H groups in total. The lowest BCUT2D eigenvalue weighted by Gasteiger charge is -2.56. The van der Waals surface area contributed by atoms with Gasteiger partial charge < -0.3 is 5.32 Å². The fraction of sp³-hybridized carbons (Fsp3) is 0.571. The Hall–Kier alpha value is -2.37. The summed E-state index contributed by atoms with van der Waals surface area (Å²) in [5.74, 6) is 2.31. The lowest BCUT2D eigenvalue weighted by molar-refractivity contribution is -0.124. The molecule has 4 fully saturated rings. The van der Waals surface area contributed by atoms with E-state index in [1.807, 2.05) is 0 Å². The molecule has 27 heavy (non-hydrogen) atoms. The van der Waals surface area contributed by atoms with Crippen molar-refractivity contribution in [2.45, 2.75) is 45.1 Å². The second kappa shape index (κ2) is 6.08. The highest BCUT2D eigenvalue weighted by atomic mass is 16.2. The Morgan fingerprint density at radius 2 is 1.63 bits per heavy atom. The summed E-state index contributed by atoms with van der Waals surface area (Å²) in [6.07, 6.45) is 7.81. The summed E-state index contributed by atoms with van der Waals surface area (Å²) in [6, 6.07) is 6.68. The first kappa shape index (κ1) is 16.8. The molecule has 4 bridgehead atoms. The van der Waals surface area contributed by atoms with Gasteiger partial charge in [-0.25, -0.2) is 4.68 Å². The summed E-state index contributed by atoms with van der Waals surface area (Å²) in [4.78, 5) is 37.2. The molecule has 6 heteroatoms. The molecule has 1 heterocycles. The predicted molar refractivity (Wildman–Crippen MR) is 102 cm³/mol. The molecule has 1 aromatic heterocycles. The highest BCUT2D eigenvalue weighted by Gasteiger charge is 2.50. The van der Waals surface area contributed by atoms with Gasteiger partial charge in [-0.3, -0.25) is 19.5 Å². The van der Waals surface area contributed by atoms with E-state index in [0.29, 0.717) is 17.3 Å². The zero-order chi connectivity index (χ0) is 18.6. The van der Waals surface area contributed by atoms with Crippen LogP contribution in [-0.4, -0.2) is 22.2 Å². The van der Waals surface area contributed by atoms with E-state index in [4.69, 9.17) is 0 Å². The number of carbonyl (C=O) groups excluding carboxylic acids is 1. The number of nitrogens with one attached hydrogen (secondary N) is 2. The number of hydrogen-bond donors (Lipinski definition) is 2. The molecule has 0 radical (unpaired) electrons. The minimum Gasteiger partial charge on any atom is -0.354 e. The van der Waals surface area contributed by atoms with Gasteiger partial charge in [-0.1, -0.05) is 12.1 Å². The zero-order valence-corrected chi connectivity index (χ0v) is 15.4. The molecule has 0 spiro atoms. The lowest BCUT2D eigenvalue weighted by atomic mass is 9.49. The van der Waals surface area contributed by atoms with Gasteiger partial charge in [0.15, 0.2) is 0 Å². The normalized spacial score (nSPS) is 31.3. The van der Waals surface area contributed by atoms with Crippen LogP contribution in [0.2, 0.25) is 0 Å². The van der Waals surface area contributed by atoms with Crippen molar-refractivity contribution in [2.75, 3.05) is 6.54 Å². The monoisotopic (exact) mass is 367 g/mol. The number of benzene rings is 1. The van der Waals surface area contributed by atoms with Crippen LogP contribution in [0.1, 0.15) is 38.5 Å². The van der Waals surface area contributed by atoms with Gasteiger partial charge in [0.05, 0.1) is 10.8 Å². The minimum atomic E-state index is -0.348. The Labute approximate surface area is 156 Å². The number of fused-ring (bicyclic) bond motifs is 1. The fourth-order valence-corrected chi connectivity index (χ4v) is 6.35. The smallest absolute Gasteiger partial charge is 0.273 e. The van der Waals surface area contributed by atoms with Crippen LogP contribution in [0.3, 0.4) is 0 Å². The molecule has 6 nitrogen and oxygen atoms in total. The third kappa shape index (κ3) is 2.91. The van der Waals surface area contributed by atoms with Crippen molar-refractivity contribution in [1.29, 1.82) is 0 Å². The number of rotatable bonds is 4. The summed E-state index contributed by atoms with van der Waals surface area (Å²) in [5, 5.41) is 6.29. The van der Waals surface area contributed by atoms with E-state index >= 15 is 0 Å². The summed E-state index contributed by atoms with van der Waals surface area (Å²) >= 11 is 0. The van der Waals surface area contributed by atoms with Crippen molar-refractivity contribution in [3.8, 4) is 0 Å². The van der Waals surface area contributed by atoms with Crippen LogP contribution in [-0.2, 0) is 11.3 Å². The molecule has 0 aliphatic heterocycles.